The first-order valence-electron chi connectivity index (χ1n) is 13.1. The summed E-state index contributed by atoms with van der Waals surface area (Å²) >= 11 is 0. The molecule has 4 aromatic rings. The van der Waals surface area contributed by atoms with E-state index in [2.05, 4.69) is 0 Å². The molecule has 0 fully saturated rings. The molecule has 0 bridgehead atoms. The molecule has 1 unspecified atom stereocenters. The summed E-state index contributed by atoms with van der Waals surface area (Å²) in [7, 11) is 1.50. The van der Waals surface area contributed by atoms with Gasteiger partial charge in [-0.2, -0.15) is 0 Å². The van der Waals surface area contributed by atoms with Gasteiger partial charge < -0.3 is 18.6 Å². The maximum atomic E-state index is 14.1. The molecule has 1 amide bonds. The van der Waals surface area contributed by atoms with E-state index in [1.54, 1.807) is 42.5 Å². The average molecular weight is 546 g/mol. The molecule has 2 heterocycles. The molecule has 1 aliphatic rings. The van der Waals surface area contributed by atoms with Crippen molar-refractivity contribution < 1.29 is 32.6 Å². The van der Waals surface area contributed by atoms with E-state index in [0.717, 1.165) is 18.9 Å². The lowest BCUT2D eigenvalue weighted by atomic mass is 9.97. The zero-order valence-electron chi connectivity index (χ0n) is 22.4. The van der Waals surface area contributed by atoms with Crippen LogP contribution in [0.25, 0.3) is 11.0 Å². The Hall–Kier alpha value is -4.66. The van der Waals surface area contributed by atoms with Crippen LogP contribution < -0.4 is 19.8 Å². The van der Waals surface area contributed by atoms with Gasteiger partial charge in [0.1, 0.15) is 11.4 Å². The molecule has 0 N–H and O–H groups in total. The van der Waals surface area contributed by atoms with Crippen molar-refractivity contribution in [2.45, 2.75) is 32.7 Å². The summed E-state index contributed by atoms with van der Waals surface area (Å²) in [5.74, 6) is -0.819. The number of hydrogen-bond donors (Lipinski definition) is 0. The van der Waals surface area contributed by atoms with Crippen molar-refractivity contribution in [3.8, 4) is 11.5 Å². The van der Waals surface area contributed by atoms with E-state index >= 15 is 0 Å². The maximum Gasteiger partial charge on any atom is 0.338 e. The Bertz CT molecular complexity index is 1640. The predicted molar refractivity (Wildman–Crippen MR) is 147 cm³/mol. The standard InChI is InChI=1S/C31H28FNO7/c1-4-6-15-39-31(36)18-7-11-21(12-8-18)33-27(19-9-13-24(38-5-2)25(16-19)37-3)26-28(34)22-17-20(32)10-14-23(22)40-29(26)30(33)35/h7-14,16-17,27H,4-6,15H2,1-3H3. The number of ether oxygens (including phenoxy) is 3. The summed E-state index contributed by atoms with van der Waals surface area (Å²) in [6.07, 6.45) is 1.66. The number of benzene rings is 3. The number of methoxy groups -OCH3 is 1. The van der Waals surface area contributed by atoms with E-state index in [0.29, 0.717) is 41.5 Å². The highest BCUT2D eigenvalue weighted by Gasteiger charge is 2.44. The molecule has 5 rings (SSSR count). The van der Waals surface area contributed by atoms with Gasteiger partial charge in [-0.25, -0.2) is 9.18 Å². The molecule has 1 atom stereocenters. The van der Waals surface area contributed by atoms with Gasteiger partial charge in [-0.1, -0.05) is 19.4 Å². The summed E-state index contributed by atoms with van der Waals surface area (Å²) in [4.78, 5) is 41.4. The van der Waals surface area contributed by atoms with E-state index < -0.39 is 29.2 Å². The molecule has 0 aliphatic carbocycles. The molecule has 206 valence electrons. The highest BCUT2D eigenvalue weighted by Crippen LogP contribution is 2.43. The van der Waals surface area contributed by atoms with Crippen LogP contribution in [0.2, 0.25) is 0 Å². The van der Waals surface area contributed by atoms with Gasteiger partial charge in [0.05, 0.1) is 42.9 Å². The lowest BCUT2D eigenvalue weighted by molar-refractivity contribution is 0.0499. The van der Waals surface area contributed by atoms with Gasteiger partial charge >= 0.3 is 5.97 Å². The Balaban J connectivity index is 1.65. The van der Waals surface area contributed by atoms with Crippen LogP contribution in [0.3, 0.4) is 0 Å². The predicted octanol–water partition coefficient (Wildman–Crippen LogP) is 6.05. The van der Waals surface area contributed by atoms with Gasteiger partial charge in [-0.15, -0.1) is 0 Å². The first-order chi connectivity index (χ1) is 19.4. The van der Waals surface area contributed by atoms with Gasteiger partial charge in [0.25, 0.3) is 5.91 Å². The number of anilines is 1. The number of fused-ring (bicyclic) bond motifs is 2. The molecule has 1 aromatic heterocycles. The summed E-state index contributed by atoms with van der Waals surface area (Å²) < 4.78 is 36.5. The van der Waals surface area contributed by atoms with Gasteiger partial charge in [-0.3, -0.25) is 14.5 Å². The van der Waals surface area contributed by atoms with Crippen LogP contribution >= 0.6 is 0 Å². The normalized spacial score (nSPS) is 14.3. The third kappa shape index (κ3) is 4.79. The van der Waals surface area contributed by atoms with Crippen molar-refractivity contribution >= 4 is 28.5 Å². The van der Waals surface area contributed by atoms with Crippen LogP contribution in [0.1, 0.15) is 64.8 Å². The number of carbonyl (C=O) groups is 2. The highest BCUT2D eigenvalue weighted by molar-refractivity contribution is 6.10. The molecular weight excluding hydrogens is 517 g/mol. The Labute approximate surface area is 229 Å². The van der Waals surface area contributed by atoms with Crippen LogP contribution in [0.4, 0.5) is 10.1 Å². The van der Waals surface area contributed by atoms with Crippen molar-refractivity contribution in [1.29, 1.82) is 0 Å². The minimum Gasteiger partial charge on any atom is -0.493 e. The molecule has 0 saturated heterocycles. The van der Waals surface area contributed by atoms with Crippen molar-refractivity contribution in [2.75, 3.05) is 25.2 Å². The molecule has 0 spiro atoms. The van der Waals surface area contributed by atoms with Crippen molar-refractivity contribution in [1.82, 2.24) is 0 Å². The molecular formula is C31H28FNO7. The first-order valence-corrected chi connectivity index (χ1v) is 13.1. The van der Waals surface area contributed by atoms with Crippen LogP contribution in [-0.2, 0) is 4.74 Å². The minimum absolute atomic E-state index is 0.0291. The average Bonchev–Trinajstić information content (AvgIpc) is 3.26. The van der Waals surface area contributed by atoms with E-state index in [-0.39, 0.29) is 22.3 Å². The Morgan fingerprint density at radius 2 is 1.77 bits per heavy atom. The number of hydrogen-bond acceptors (Lipinski definition) is 7. The van der Waals surface area contributed by atoms with Crippen LogP contribution in [0.5, 0.6) is 11.5 Å². The molecule has 9 heteroatoms. The number of nitrogens with zero attached hydrogens (tertiary/aromatic N) is 1. The quantitative estimate of drug-likeness (QED) is 0.187. The summed E-state index contributed by atoms with van der Waals surface area (Å²) in [6, 6.07) is 14.2. The van der Waals surface area contributed by atoms with Gasteiger partial charge in [0, 0.05) is 5.69 Å². The topological polar surface area (TPSA) is 95.3 Å². The van der Waals surface area contributed by atoms with Crippen LogP contribution in [0, 0.1) is 5.82 Å². The molecule has 0 radical (unpaired) electrons. The Morgan fingerprint density at radius 3 is 2.48 bits per heavy atom. The molecule has 3 aromatic carbocycles. The summed E-state index contributed by atoms with van der Waals surface area (Å²) in [5, 5.41) is 0.0291. The monoisotopic (exact) mass is 545 g/mol. The van der Waals surface area contributed by atoms with E-state index in [1.807, 2.05) is 13.8 Å². The molecule has 1 aliphatic heterocycles. The van der Waals surface area contributed by atoms with Crippen molar-refractivity contribution in [3.05, 3.63) is 99.2 Å². The van der Waals surface area contributed by atoms with Gasteiger partial charge in [0.2, 0.25) is 5.76 Å². The molecule has 40 heavy (non-hydrogen) atoms. The summed E-state index contributed by atoms with van der Waals surface area (Å²) in [5.41, 5.74) is 0.984. The maximum absolute atomic E-state index is 14.1. The smallest absolute Gasteiger partial charge is 0.338 e. The fraction of sp³-hybridized carbons (Fsp3) is 0.258. The number of amides is 1. The third-order valence-electron chi connectivity index (χ3n) is 6.75. The van der Waals surface area contributed by atoms with Gasteiger partial charge in [-0.05, 0) is 73.5 Å². The second-order valence-electron chi connectivity index (χ2n) is 9.27. The fourth-order valence-electron chi connectivity index (χ4n) is 4.81. The van der Waals surface area contributed by atoms with E-state index in [1.165, 1.54) is 24.1 Å². The number of halogens is 1. The number of carbonyl (C=O) groups excluding carboxylic acids is 2. The lowest BCUT2D eigenvalue weighted by Gasteiger charge is -2.26. The minimum atomic E-state index is -0.918. The zero-order valence-corrected chi connectivity index (χ0v) is 22.4. The number of esters is 1. The van der Waals surface area contributed by atoms with Gasteiger partial charge in [0.15, 0.2) is 16.9 Å². The Morgan fingerprint density at radius 1 is 1.00 bits per heavy atom. The number of rotatable bonds is 9. The zero-order chi connectivity index (χ0) is 28.4. The summed E-state index contributed by atoms with van der Waals surface area (Å²) in [6.45, 7) is 4.59. The second kappa shape index (κ2) is 11.2. The van der Waals surface area contributed by atoms with Crippen LogP contribution in [0.15, 0.2) is 69.9 Å². The second-order valence-corrected chi connectivity index (χ2v) is 9.27. The van der Waals surface area contributed by atoms with Crippen LogP contribution in [-0.4, -0.2) is 32.2 Å². The molecule has 8 nitrogen and oxygen atoms in total. The van der Waals surface area contributed by atoms with Crippen molar-refractivity contribution in [3.63, 3.8) is 0 Å². The van der Waals surface area contributed by atoms with E-state index in [9.17, 15) is 18.8 Å². The fourth-order valence-corrected chi connectivity index (χ4v) is 4.81. The van der Waals surface area contributed by atoms with Crippen molar-refractivity contribution in [2.24, 2.45) is 0 Å². The molecule has 0 saturated carbocycles. The Kier molecular flexibility index (Phi) is 7.55. The van der Waals surface area contributed by atoms with E-state index in [4.69, 9.17) is 18.6 Å². The SMILES string of the molecule is CCCCOC(=O)c1ccc(N2C(=O)c3oc4ccc(F)cc4c(=O)c3C2c2ccc(OCC)c(OC)c2)cc1. The first kappa shape index (κ1) is 26.9. The lowest BCUT2D eigenvalue weighted by Crippen LogP contribution is -2.29. The largest absolute Gasteiger partial charge is 0.493 e. The highest BCUT2D eigenvalue weighted by atomic mass is 19.1. The number of unbranched alkanes of at least 4 members (excludes halogenated alkanes) is 1. The third-order valence-corrected chi connectivity index (χ3v) is 6.75.